The van der Waals surface area contributed by atoms with Gasteiger partial charge in [-0.2, -0.15) is 0 Å². The summed E-state index contributed by atoms with van der Waals surface area (Å²) in [5, 5.41) is 3.55. The standard InChI is InChI=1S/C17H18FN/c1-12-9-13(7-8-16(12)18)11-19-17-10-15(17)14-5-3-2-4-6-14/h2-9,15,17,19H,10-11H2,1H3. The molecule has 98 valence electrons. The molecule has 0 saturated heterocycles. The highest BCUT2D eigenvalue weighted by Gasteiger charge is 2.37. The van der Waals surface area contributed by atoms with Gasteiger partial charge in [-0.15, -0.1) is 0 Å². The van der Waals surface area contributed by atoms with Crippen LogP contribution in [0.15, 0.2) is 48.5 Å². The van der Waals surface area contributed by atoms with Crippen LogP contribution in [0.2, 0.25) is 0 Å². The minimum absolute atomic E-state index is 0.127. The van der Waals surface area contributed by atoms with E-state index in [1.54, 1.807) is 6.07 Å². The molecule has 2 heteroatoms. The Morgan fingerprint density at radius 1 is 1.16 bits per heavy atom. The molecule has 0 bridgehead atoms. The van der Waals surface area contributed by atoms with Gasteiger partial charge in [-0.05, 0) is 36.1 Å². The van der Waals surface area contributed by atoms with Gasteiger partial charge in [-0.1, -0.05) is 42.5 Å². The van der Waals surface area contributed by atoms with E-state index in [-0.39, 0.29) is 5.82 Å². The maximum Gasteiger partial charge on any atom is 0.126 e. The highest BCUT2D eigenvalue weighted by atomic mass is 19.1. The van der Waals surface area contributed by atoms with Crippen LogP contribution in [0.5, 0.6) is 0 Å². The second-order valence-corrected chi connectivity index (χ2v) is 5.32. The Morgan fingerprint density at radius 3 is 2.68 bits per heavy atom. The van der Waals surface area contributed by atoms with Crippen LogP contribution in [0, 0.1) is 12.7 Å². The molecule has 2 aromatic rings. The molecular formula is C17H18FN. The van der Waals surface area contributed by atoms with Gasteiger partial charge in [0.25, 0.3) is 0 Å². The normalized spacial score (nSPS) is 21.4. The number of nitrogens with one attached hydrogen (secondary N) is 1. The van der Waals surface area contributed by atoms with Crippen molar-refractivity contribution >= 4 is 0 Å². The largest absolute Gasteiger partial charge is 0.309 e. The molecule has 19 heavy (non-hydrogen) atoms. The van der Waals surface area contributed by atoms with Gasteiger partial charge in [0, 0.05) is 18.5 Å². The summed E-state index contributed by atoms with van der Waals surface area (Å²) < 4.78 is 13.2. The van der Waals surface area contributed by atoms with Gasteiger partial charge in [-0.25, -0.2) is 4.39 Å². The van der Waals surface area contributed by atoms with E-state index in [4.69, 9.17) is 0 Å². The van der Waals surface area contributed by atoms with Crippen LogP contribution in [0.4, 0.5) is 4.39 Å². The molecule has 1 fully saturated rings. The van der Waals surface area contributed by atoms with E-state index < -0.39 is 0 Å². The zero-order valence-corrected chi connectivity index (χ0v) is 11.1. The van der Waals surface area contributed by atoms with Gasteiger partial charge in [0.2, 0.25) is 0 Å². The molecule has 0 aliphatic heterocycles. The summed E-state index contributed by atoms with van der Waals surface area (Å²) in [7, 11) is 0. The highest BCUT2D eigenvalue weighted by Crippen LogP contribution is 2.40. The second kappa shape index (κ2) is 5.14. The van der Waals surface area contributed by atoms with Crippen LogP contribution in [0.1, 0.15) is 29.0 Å². The van der Waals surface area contributed by atoms with E-state index >= 15 is 0 Å². The predicted octanol–water partition coefficient (Wildman–Crippen LogP) is 3.78. The fraction of sp³-hybridized carbons (Fsp3) is 0.294. The number of rotatable bonds is 4. The first-order valence-corrected chi connectivity index (χ1v) is 6.77. The molecule has 1 aliphatic carbocycles. The number of hydrogen-bond acceptors (Lipinski definition) is 1. The van der Waals surface area contributed by atoms with Gasteiger partial charge in [0.15, 0.2) is 0 Å². The van der Waals surface area contributed by atoms with Crippen LogP contribution in [-0.2, 0) is 6.54 Å². The summed E-state index contributed by atoms with van der Waals surface area (Å²) in [6.45, 7) is 2.62. The van der Waals surface area contributed by atoms with Crippen molar-refractivity contribution in [3.63, 3.8) is 0 Å². The van der Waals surface area contributed by atoms with Crippen molar-refractivity contribution in [2.24, 2.45) is 0 Å². The summed E-state index contributed by atoms with van der Waals surface area (Å²) >= 11 is 0. The van der Waals surface area contributed by atoms with E-state index in [1.807, 2.05) is 19.1 Å². The maximum atomic E-state index is 13.2. The number of benzene rings is 2. The topological polar surface area (TPSA) is 12.0 Å². The first kappa shape index (κ1) is 12.4. The minimum Gasteiger partial charge on any atom is -0.309 e. The Morgan fingerprint density at radius 2 is 1.95 bits per heavy atom. The molecule has 1 aliphatic rings. The van der Waals surface area contributed by atoms with Crippen molar-refractivity contribution in [2.45, 2.75) is 31.8 Å². The van der Waals surface area contributed by atoms with Crippen LogP contribution in [0.25, 0.3) is 0 Å². The molecular weight excluding hydrogens is 237 g/mol. The van der Waals surface area contributed by atoms with E-state index in [9.17, 15) is 4.39 Å². The summed E-state index contributed by atoms with van der Waals surface area (Å²) in [5.74, 6) is 0.514. The van der Waals surface area contributed by atoms with Crippen molar-refractivity contribution in [3.8, 4) is 0 Å². The van der Waals surface area contributed by atoms with Gasteiger partial charge < -0.3 is 5.32 Å². The zero-order valence-electron chi connectivity index (χ0n) is 11.1. The average Bonchev–Trinajstić information content (AvgIpc) is 3.21. The molecule has 0 radical (unpaired) electrons. The number of aryl methyl sites for hydroxylation is 1. The van der Waals surface area contributed by atoms with Crippen LogP contribution in [0.3, 0.4) is 0 Å². The molecule has 1 N–H and O–H groups in total. The monoisotopic (exact) mass is 255 g/mol. The number of halogens is 1. The van der Waals surface area contributed by atoms with Gasteiger partial charge >= 0.3 is 0 Å². The highest BCUT2D eigenvalue weighted by molar-refractivity contribution is 5.28. The summed E-state index contributed by atoms with van der Waals surface area (Å²) in [4.78, 5) is 0. The zero-order chi connectivity index (χ0) is 13.2. The van der Waals surface area contributed by atoms with E-state index in [2.05, 4.69) is 35.6 Å². The second-order valence-electron chi connectivity index (χ2n) is 5.32. The summed E-state index contributed by atoms with van der Waals surface area (Å²) in [6, 6.07) is 16.5. The Hall–Kier alpha value is -1.67. The summed E-state index contributed by atoms with van der Waals surface area (Å²) in [6.07, 6.45) is 1.20. The van der Waals surface area contributed by atoms with E-state index in [1.165, 1.54) is 12.0 Å². The van der Waals surface area contributed by atoms with Crippen molar-refractivity contribution in [1.29, 1.82) is 0 Å². The third kappa shape index (κ3) is 2.85. The Balaban J connectivity index is 1.56. The van der Waals surface area contributed by atoms with Gasteiger partial charge in [-0.3, -0.25) is 0 Å². The molecule has 0 amide bonds. The lowest BCUT2D eigenvalue weighted by Gasteiger charge is -2.06. The quantitative estimate of drug-likeness (QED) is 0.876. The molecule has 2 unspecified atom stereocenters. The molecule has 0 aromatic heterocycles. The maximum absolute atomic E-state index is 13.2. The van der Waals surface area contributed by atoms with Crippen LogP contribution >= 0.6 is 0 Å². The van der Waals surface area contributed by atoms with Crippen molar-refractivity contribution < 1.29 is 4.39 Å². The van der Waals surface area contributed by atoms with Crippen LogP contribution in [-0.4, -0.2) is 6.04 Å². The number of hydrogen-bond donors (Lipinski definition) is 1. The van der Waals surface area contributed by atoms with Crippen LogP contribution < -0.4 is 5.32 Å². The van der Waals surface area contributed by atoms with Crippen molar-refractivity contribution in [3.05, 3.63) is 71.0 Å². The lowest BCUT2D eigenvalue weighted by molar-refractivity contribution is 0.614. The third-order valence-corrected chi connectivity index (χ3v) is 3.81. The molecule has 3 rings (SSSR count). The molecule has 1 nitrogen and oxygen atoms in total. The first-order chi connectivity index (χ1) is 9.24. The SMILES string of the molecule is Cc1cc(CNC2CC2c2ccccc2)ccc1F. The Labute approximate surface area is 113 Å². The fourth-order valence-electron chi connectivity index (χ4n) is 2.55. The minimum atomic E-state index is -0.127. The van der Waals surface area contributed by atoms with E-state index in [0.717, 1.165) is 17.7 Å². The smallest absolute Gasteiger partial charge is 0.126 e. The molecule has 1 saturated carbocycles. The Bertz CT molecular complexity index is 565. The average molecular weight is 255 g/mol. The van der Waals surface area contributed by atoms with Gasteiger partial charge in [0.1, 0.15) is 5.82 Å². The molecule has 0 heterocycles. The van der Waals surface area contributed by atoms with Gasteiger partial charge in [0.05, 0.1) is 0 Å². The molecule has 2 atom stereocenters. The summed E-state index contributed by atoms with van der Waals surface area (Å²) in [5.41, 5.74) is 3.28. The molecule has 2 aromatic carbocycles. The van der Waals surface area contributed by atoms with Crippen molar-refractivity contribution in [2.75, 3.05) is 0 Å². The Kier molecular flexibility index (Phi) is 3.34. The third-order valence-electron chi connectivity index (χ3n) is 3.81. The lowest BCUT2D eigenvalue weighted by Crippen LogP contribution is -2.17. The molecule has 0 spiro atoms. The predicted molar refractivity (Wildman–Crippen MR) is 75.6 cm³/mol. The lowest BCUT2D eigenvalue weighted by atomic mass is 10.1. The first-order valence-electron chi connectivity index (χ1n) is 6.77. The fourth-order valence-corrected chi connectivity index (χ4v) is 2.55. The van der Waals surface area contributed by atoms with Crippen molar-refractivity contribution in [1.82, 2.24) is 5.32 Å². The van der Waals surface area contributed by atoms with E-state index in [0.29, 0.717) is 12.0 Å².